The Morgan fingerprint density at radius 1 is 0.700 bits per heavy atom. The van der Waals surface area contributed by atoms with E-state index in [1.165, 1.54) is 18.2 Å². The van der Waals surface area contributed by atoms with Crippen molar-refractivity contribution in [2.75, 3.05) is 0 Å². The molecule has 2 rings (SSSR count). The number of halogens is 11. The predicted molar refractivity (Wildman–Crippen MR) is 83.1 cm³/mol. The number of hydrogen-bond donors (Lipinski definition) is 1. The fourth-order valence-corrected chi connectivity index (χ4v) is 3.40. The Bertz CT molecular complexity index is 758. The van der Waals surface area contributed by atoms with E-state index in [0.29, 0.717) is 0 Å². The summed E-state index contributed by atoms with van der Waals surface area (Å²) in [5.41, 5.74) is -6.53. The molecule has 172 valence electrons. The van der Waals surface area contributed by atoms with Gasteiger partial charge in [0.1, 0.15) is 0 Å². The zero-order valence-corrected chi connectivity index (χ0v) is 15.5. The van der Waals surface area contributed by atoms with Crippen LogP contribution in [-0.4, -0.2) is 40.4 Å². The zero-order chi connectivity index (χ0) is 23.6. The van der Waals surface area contributed by atoms with Gasteiger partial charge in [-0.3, -0.25) is 0 Å². The van der Waals surface area contributed by atoms with Crippen LogP contribution in [0.1, 0.15) is 37.5 Å². The lowest BCUT2D eigenvalue weighted by Crippen LogP contribution is -2.83. The van der Waals surface area contributed by atoms with Gasteiger partial charge in [0.2, 0.25) is 0 Å². The molecule has 0 bridgehead atoms. The fourth-order valence-electron chi connectivity index (χ4n) is 3.40. The zero-order valence-electron chi connectivity index (χ0n) is 15.5. The number of benzene rings is 1. The molecule has 0 amide bonds. The first kappa shape index (κ1) is 24.7. The molecule has 1 nitrogen and oxygen atoms in total. The minimum absolute atomic E-state index is 0.101. The van der Waals surface area contributed by atoms with Crippen molar-refractivity contribution < 1.29 is 53.4 Å². The minimum Gasteiger partial charge on any atom is -0.388 e. The highest BCUT2D eigenvalue weighted by atomic mass is 19.4. The number of hydrogen-bond acceptors (Lipinski definition) is 1. The van der Waals surface area contributed by atoms with E-state index < -0.39 is 53.4 Å². The van der Waals surface area contributed by atoms with Crippen LogP contribution in [0, 0.1) is 5.92 Å². The second kappa shape index (κ2) is 6.96. The molecule has 0 spiro atoms. The third kappa shape index (κ3) is 2.92. The topological polar surface area (TPSA) is 20.2 Å². The summed E-state index contributed by atoms with van der Waals surface area (Å²) in [7, 11) is 0. The van der Waals surface area contributed by atoms with Crippen LogP contribution in [0.4, 0.5) is 48.3 Å². The van der Waals surface area contributed by atoms with Crippen LogP contribution in [0.3, 0.4) is 0 Å². The molecule has 0 radical (unpaired) electrons. The monoisotopic (exact) mass is 458 g/mol. The minimum atomic E-state index is -7.26. The summed E-state index contributed by atoms with van der Waals surface area (Å²) in [5, 5.41) is 10.1. The molecule has 1 aromatic carbocycles. The lowest BCUT2D eigenvalue weighted by Gasteiger charge is -2.53. The second-order valence-electron chi connectivity index (χ2n) is 7.69. The molecule has 1 aliphatic carbocycles. The van der Waals surface area contributed by atoms with Gasteiger partial charge in [-0.05, 0) is 23.5 Å². The summed E-state index contributed by atoms with van der Waals surface area (Å²) in [4.78, 5) is 0. The van der Waals surface area contributed by atoms with Crippen LogP contribution in [0.15, 0.2) is 24.3 Å². The summed E-state index contributed by atoms with van der Waals surface area (Å²) >= 11 is 0. The molecule has 0 saturated heterocycles. The van der Waals surface area contributed by atoms with E-state index in [1.807, 2.05) is 0 Å². The standard InChI is InChI=1S/C18H17F11O/c1-9(2)7-10-5-3-4-6-11(10)12(30)8-13(19)14(20,21)16(24,25)18(28,29)17(26,27)15(13,22)23/h3-6,9,12,30H,7-8H2,1-2H3. The summed E-state index contributed by atoms with van der Waals surface area (Å²) < 4.78 is 152. The molecular weight excluding hydrogens is 441 g/mol. The van der Waals surface area contributed by atoms with Gasteiger partial charge >= 0.3 is 29.6 Å². The molecule has 0 heterocycles. The van der Waals surface area contributed by atoms with E-state index in [-0.39, 0.29) is 17.9 Å². The normalized spacial score (nSPS) is 26.4. The van der Waals surface area contributed by atoms with E-state index in [0.717, 1.165) is 6.07 Å². The van der Waals surface area contributed by atoms with E-state index >= 15 is 0 Å². The Kier molecular flexibility index (Phi) is 5.73. The lowest BCUT2D eigenvalue weighted by molar-refractivity contribution is -0.487. The largest absolute Gasteiger partial charge is 0.388 e. The average Bonchev–Trinajstić information content (AvgIpc) is 2.59. The lowest BCUT2D eigenvalue weighted by atomic mass is 9.69. The first-order valence-corrected chi connectivity index (χ1v) is 8.63. The molecule has 30 heavy (non-hydrogen) atoms. The average molecular weight is 458 g/mol. The van der Waals surface area contributed by atoms with Crippen LogP contribution in [0.2, 0.25) is 0 Å². The number of rotatable bonds is 5. The van der Waals surface area contributed by atoms with Gasteiger partial charge in [0.25, 0.3) is 5.67 Å². The van der Waals surface area contributed by atoms with Crippen LogP contribution in [-0.2, 0) is 6.42 Å². The molecule has 0 aromatic heterocycles. The Morgan fingerprint density at radius 3 is 1.53 bits per heavy atom. The van der Waals surface area contributed by atoms with Crippen molar-refractivity contribution >= 4 is 0 Å². The van der Waals surface area contributed by atoms with Gasteiger partial charge in [-0.1, -0.05) is 38.1 Å². The Balaban J connectivity index is 2.62. The van der Waals surface area contributed by atoms with Crippen molar-refractivity contribution in [3.05, 3.63) is 35.4 Å². The third-order valence-electron chi connectivity index (χ3n) is 5.09. The van der Waals surface area contributed by atoms with E-state index in [1.54, 1.807) is 13.8 Å². The number of alkyl halides is 11. The van der Waals surface area contributed by atoms with Crippen LogP contribution in [0.5, 0.6) is 0 Å². The molecule has 1 N–H and O–H groups in total. The third-order valence-corrected chi connectivity index (χ3v) is 5.09. The first-order chi connectivity index (χ1) is 13.3. The fraction of sp³-hybridized carbons (Fsp3) is 0.667. The molecule has 12 heteroatoms. The predicted octanol–water partition coefficient (Wildman–Crippen LogP) is 6.21. The molecule has 1 saturated carbocycles. The first-order valence-electron chi connectivity index (χ1n) is 8.63. The maximum absolute atomic E-state index is 14.8. The second-order valence-corrected chi connectivity index (χ2v) is 7.69. The van der Waals surface area contributed by atoms with Gasteiger partial charge in [0, 0.05) is 6.42 Å². The summed E-state index contributed by atoms with van der Waals surface area (Å²) in [6.07, 6.45) is -5.27. The Labute approximate surface area is 163 Å². The van der Waals surface area contributed by atoms with E-state index in [2.05, 4.69) is 0 Å². The molecule has 1 aromatic rings. The number of aliphatic hydroxyl groups excluding tert-OH is 1. The van der Waals surface area contributed by atoms with Crippen LogP contribution in [0.25, 0.3) is 0 Å². The van der Waals surface area contributed by atoms with E-state index in [9.17, 15) is 53.4 Å². The van der Waals surface area contributed by atoms with Gasteiger partial charge in [-0.25, -0.2) is 4.39 Å². The van der Waals surface area contributed by atoms with Crippen molar-refractivity contribution in [3.63, 3.8) is 0 Å². The molecule has 1 aliphatic rings. The van der Waals surface area contributed by atoms with Crippen LogP contribution < -0.4 is 0 Å². The van der Waals surface area contributed by atoms with E-state index in [4.69, 9.17) is 0 Å². The molecule has 1 unspecified atom stereocenters. The Morgan fingerprint density at radius 2 is 1.10 bits per heavy atom. The highest BCUT2D eigenvalue weighted by Crippen LogP contribution is 2.70. The molecule has 1 atom stereocenters. The van der Waals surface area contributed by atoms with Crippen molar-refractivity contribution in [2.45, 2.75) is 68.1 Å². The highest BCUT2D eigenvalue weighted by Gasteiger charge is 3.00. The van der Waals surface area contributed by atoms with Crippen LogP contribution >= 0.6 is 0 Å². The maximum Gasteiger partial charge on any atom is 0.384 e. The van der Waals surface area contributed by atoms with Gasteiger partial charge in [0.15, 0.2) is 0 Å². The molecule has 0 aliphatic heterocycles. The molecule has 1 fully saturated rings. The summed E-state index contributed by atoms with van der Waals surface area (Å²) in [5.74, 6) is -35.6. The van der Waals surface area contributed by atoms with Gasteiger partial charge in [-0.15, -0.1) is 0 Å². The summed E-state index contributed by atoms with van der Waals surface area (Å²) in [6, 6.07) is 4.81. The quantitative estimate of drug-likeness (QED) is 0.521. The summed E-state index contributed by atoms with van der Waals surface area (Å²) in [6.45, 7) is 3.32. The van der Waals surface area contributed by atoms with Gasteiger partial charge in [-0.2, -0.15) is 43.9 Å². The maximum atomic E-state index is 14.8. The Hall–Kier alpha value is -1.59. The van der Waals surface area contributed by atoms with Crippen molar-refractivity contribution in [1.29, 1.82) is 0 Å². The van der Waals surface area contributed by atoms with Crippen molar-refractivity contribution in [3.8, 4) is 0 Å². The highest BCUT2D eigenvalue weighted by molar-refractivity contribution is 5.32. The SMILES string of the molecule is CC(C)Cc1ccccc1C(O)CC1(F)C(F)(F)C(F)(F)C(F)(F)C(F)(F)C1(F)F. The van der Waals surface area contributed by atoms with Crippen molar-refractivity contribution in [1.82, 2.24) is 0 Å². The van der Waals surface area contributed by atoms with Gasteiger partial charge in [0.05, 0.1) is 6.10 Å². The number of aliphatic hydroxyl groups is 1. The molecular formula is C18H17F11O. The van der Waals surface area contributed by atoms with Crippen molar-refractivity contribution in [2.24, 2.45) is 5.92 Å². The smallest absolute Gasteiger partial charge is 0.384 e. The van der Waals surface area contributed by atoms with Gasteiger partial charge < -0.3 is 5.11 Å².